The van der Waals surface area contributed by atoms with Crippen LogP contribution in [-0.4, -0.2) is 15.5 Å². The van der Waals surface area contributed by atoms with Crippen LogP contribution in [0.25, 0.3) is 9.75 Å². The monoisotopic (exact) mass is 399 g/mol. The van der Waals surface area contributed by atoms with Crippen LogP contribution in [0, 0.1) is 0 Å². The molecule has 1 aliphatic rings. The van der Waals surface area contributed by atoms with Crippen molar-refractivity contribution in [2.45, 2.75) is 21.7 Å². The average molecular weight is 400 g/mol. The van der Waals surface area contributed by atoms with Crippen LogP contribution in [0.15, 0.2) is 41.8 Å². The van der Waals surface area contributed by atoms with Crippen LogP contribution >= 0.6 is 50.4 Å². The molecule has 1 amide bonds. The van der Waals surface area contributed by atoms with E-state index in [9.17, 15) is 4.79 Å². The Morgan fingerprint density at radius 1 is 1.38 bits per heavy atom. The predicted molar refractivity (Wildman–Crippen MR) is 97.4 cm³/mol. The van der Waals surface area contributed by atoms with E-state index >= 15 is 0 Å². The topological polar surface area (TPSA) is 43.1 Å². The molecule has 2 nitrogen and oxygen atoms in total. The van der Waals surface area contributed by atoms with Crippen molar-refractivity contribution in [3.8, 4) is 9.75 Å². The average Bonchev–Trinajstić information content (AvgIpc) is 3.17. The zero-order chi connectivity index (χ0) is 15.0. The minimum Gasteiger partial charge on any atom is -0.369 e. The number of thioether (sulfide) groups is 1. The number of nitrogens with two attached hydrogens (primary N) is 1. The SMILES string of the molecule is CC1(C(Br)C(N)=O)C=CC(c2ccc(-c3cccs3)s2)S1. The fourth-order valence-corrected chi connectivity index (χ4v) is 6.13. The summed E-state index contributed by atoms with van der Waals surface area (Å²) in [5.74, 6) is -0.319. The van der Waals surface area contributed by atoms with Crippen LogP contribution in [0.3, 0.4) is 0 Å². The molecule has 3 unspecified atom stereocenters. The maximum absolute atomic E-state index is 11.4. The van der Waals surface area contributed by atoms with Crippen LogP contribution in [0.1, 0.15) is 17.1 Å². The summed E-state index contributed by atoms with van der Waals surface area (Å²) in [6.07, 6.45) is 4.27. The normalized spacial score (nSPS) is 26.1. The van der Waals surface area contributed by atoms with Gasteiger partial charge in [-0.25, -0.2) is 0 Å². The summed E-state index contributed by atoms with van der Waals surface area (Å²) in [7, 11) is 0. The number of halogens is 1. The zero-order valence-corrected chi connectivity index (χ0v) is 15.3. The third kappa shape index (κ3) is 2.99. The second-order valence-electron chi connectivity index (χ2n) is 5.03. The summed E-state index contributed by atoms with van der Waals surface area (Å²) >= 11 is 8.76. The molecule has 3 heterocycles. The Morgan fingerprint density at radius 3 is 2.86 bits per heavy atom. The lowest BCUT2D eigenvalue weighted by atomic mass is 10.1. The smallest absolute Gasteiger partial charge is 0.232 e. The Hall–Kier alpha value is -0.560. The van der Waals surface area contributed by atoms with Crippen LogP contribution in [0.2, 0.25) is 0 Å². The summed E-state index contributed by atoms with van der Waals surface area (Å²) in [5, 5.41) is 2.38. The Kier molecular flexibility index (Phi) is 4.32. The van der Waals surface area contributed by atoms with Crippen molar-refractivity contribution in [1.82, 2.24) is 0 Å². The van der Waals surface area contributed by atoms with Crippen molar-refractivity contribution in [3.05, 3.63) is 46.7 Å². The lowest BCUT2D eigenvalue weighted by Gasteiger charge is -2.26. The van der Waals surface area contributed by atoms with E-state index in [1.54, 1.807) is 23.1 Å². The van der Waals surface area contributed by atoms with Gasteiger partial charge in [0.05, 0.1) is 10.00 Å². The van der Waals surface area contributed by atoms with E-state index in [0.717, 1.165) is 0 Å². The second-order valence-corrected chi connectivity index (χ2v) is 9.63. The number of carbonyl (C=O) groups excluding carboxylic acids is 1. The van der Waals surface area contributed by atoms with Gasteiger partial charge in [0, 0.05) is 14.6 Å². The molecule has 1 aliphatic heterocycles. The Bertz CT molecular complexity index is 679. The number of alkyl halides is 1. The molecule has 110 valence electrons. The van der Waals surface area contributed by atoms with E-state index in [0.29, 0.717) is 0 Å². The maximum atomic E-state index is 11.4. The minimum absolute atomic E-state index is 0.285. The summed E-state index contributed by atoms with van der Waals surface area (Å²) in [6, 6.07) is 8.57. The van der Waals surface area contributed by atoms with Gasteiger partial charge in [-0.05, 0) is 30.5 Å². The van der Waals surface area contributed by atoms with Gasteiger partial charge in [-0.15, -0.1) is 34.4 Å². The number of carbonyl (C=O) groups is 1. The first-order valence-electron chi connectivity index (χ1n) is 6.44. The lowest BCUT2D eigenvalue weighted by Crippen LogP contribution is -2.39. The molecule has 0 aliphatic carbocycles. The van der Waals surface area contributed by atoms with Gasteiger partial charge >= 0.3 is 0 Å². The predicted octanol–water partition coefficient (Wildman–Crippen LogP) is 4.83. The molecule has 2 aromatic rings. The summed E-state index contributed by atoms with van der Waals surface area (Å²) in [5.41, 5.74) is 5.42. The highest BCUT2D eigenvalue weighted by atomic mass is 79.9. The van der Waals surface area contributed by atoms with Crippen molar-refractivity contribution < 1.29 is 4.79 Å². The van der Waals surface area contributed by atoms with Gasteiger partial charge in [0.25, 0.3) is 0 Å². The molecular formula is C15H14BrNOS3. The van der Waals surface area contributed by atoms with Crippen molar-refractivity contribution >= 4 is 56.3 Å². The molecule has 21 heavy (non-hydrogen) atoms. The number of rotatable bonds is 4. The first-order chi connectivity index (χ1) is 9.99. The van der Waals surface area contributed by atoms with Gasteiger partial charge in [0.1, 0.15) is 4.83 Å². The molecule has 0 fully saturated rings. The van der Waals surface area contributed by atoms with Gasteiger partial charge in [-0.2, -0.15) is 0 Å². The van der Waals surface area contributed by atoms with Gasteiger partial charge in [-0.3, -0.25) is 4.79 Å². The van der Waals surface area contributed by atoms with E-state index in [2.05, 4.69) is 57.7 Å². The third-order valence-electron chi connectivity index (χ3n) is 3.41. The third-order valence-corrected chi connectivity index (χ3v) is 9.04. The highest BCUT2D eigenvalue weighted by molar-refractivity contribution is 9.10. The van der Waals surface area contributed by atoms with Crippen LogP contribution < -0.4 is 5.73 Å². The molecule has 6 heteroatoms. The summed E-state index contributed by atoms with van der Waals surface area (Å²) in [4.78, 5) is 15.0. The number of hydrogen-bond donors (Lipinski definition) is 1. The zero-order valence-electron chi connectivity index (χ0n) is 11.3. The number of thiophene rings is 2. The quantitative estimate of drug-likeness (QED) is 0.590. The van der Waals surface area contributed by atoms with Gasteiger partial charge in [0.15, 0.2) is 0 Å². The molecule has 3 rings (SSSR count). The lowest BCUT2D eigenvalue weighted by molar-refractivity contribution is -0.117. The van der Waals surface area contributed by atoms with Gasteiger partial charge in [0.2, 0.25) is 5.91 Å². The van der Waals surface area contributed by atoms with Crippen LogP contribution in [0.5, 0.6) is 0 Å². The standard InChI is InChI=1S/C15H14BrNOS3/c1-15(13(16)14(17)18)7-6-12(21-15)11-5-4-10(20-11)9-3-2-8-19-9/h2-8,12-13H,1H3,(H2,17,18). The van der Waals surface area contributed by atoms with E-state index in [4.69, 9.17) is 5.73 Å². The Balaban J connectivity index is 1.79. The number of hydrogen-bond acceptors (Lipinski definition) is 4. The molecule has 0 bridgehead atoms. The van der Waals surface area contributed by atoms with Crippen molar-refractivity contribution in [3.63, 3.8) is 0 Å². The van der Waals surface area contributed by atoms with Gasteiger partial charge < -0.3 is 5.73 Å². The van der Waals surface area contributed by atoms with E-state index in [1.165, 1.54) is 14.6 Å². The molecule has 2 N–H and O–H groups in total. The highest BCUT2D eigenvalue weighted by Crippen LogP contribution is 2.51. The second kappa shape index (κ2) is 5.91. The number of primary amides is 1. The summed E-state index contributed by atoms with van der Waals surface area (Å²) in [6.45, 7) is 2.05. The fourth-order valence-electron chi connectivity index (χ4n) is 2.27. The Morgan fingerprint density at radius 2 is 2.19 bits per heavy atom. The largest absolute Gasteiger partial charge is 0.369 e. The Labute approximate surface area is 144 Å². The molecule has 0 saturated carbocycles. The van der Waals surface area contributed by atoms with E-state index < -0.39 is 0 Å². The molecule has 3 atom stereocenters. The number of amides is 1. The van der Waals surface area contributed by atoms with Crippen molar-refractivity contribution in [2.75, 3.05) is 0 Å². The van der Waals surface area contributed by atoms with Crippen LogP contribution in [-0.2, 0) is 4.79 Å². The summed E-state index contributed by atoms with van der Waals surface area (Å²) < 4.78 is -0.288. The first-order valence-corrected chi connectivity index (χ1v) is 9.93. The van der Waals surface area contributed by atoms with Crippen LogP contribution in [0.4, 0.5) is 0 Å². The molecule has 0 saturated heterocycles. The highest BCUT2D eigenvalue weighted by Gasteiger charge is 2.40. The van der Waals surface area contributed by atoms with Crippen molar-refractivity contribution in [2.24, 2.45) is 5.73 Å². The molecule has 0 spiro atoms. The molecule has 2 aromatic heterocycles. The molecular weight excluding hydrogens is 386 g/mol. The van der Waals surface area contributed by atoms with E-state index in [1.807, 2.05) is 18.3 Å². The van der Waals surface area contributed by atoms with E-state index in [-0.39, 0.29) is 20.7 Å². The molecule has 0 radical (unpaired) electrons. The minimum atomic E-state index is -0.354. The van der Waals surface area contributed by atoms with Crippen molar-refractivity contribution in [1.29, 1.82) is 0 Å². The van der Waals surface area contributed by atoms with Gasteiger partial charge in [-0.1, -0.05) is 34.1 Å². The first kappa shape index (κ1) is 15.3. The maximum Gasteiger partial charge on any atom is 0.232 e. The fraction of sp³-hybridized carbons (Fsp3) is 0.267. The molecule has 0 aromatic carbocycles.